The molecular weight excluding hydrogens is 461 g/mol. The summed E-state index contributed by atoms with van der Waals surface area (Å²) in [5.41, 5.74) is 2.17. The summed E-state index contributed by atoms with van der Waals surface area (Å²) in [4.78, 5) is 39.0. The maximum atomic E-state index is 13.3. The summed E-state index contributed by atoms with van der Waals surface area (Å²) in [7, 11) is 0. The molecule has 0 aromatic heterocycles. The number of amides is 2. The van der Waals surface area contributed by atoms with Crippen molar-refractivity contribution in [3.63, 3.8) is 0 Å². The Balaban J connectivity index is 1.69. The number of ether oxygens (including phenoxy) is 1. The summed E-state index contributed by atoms with van der Waals surface area (Å²) < 4.78 is 43.9. The molecule has 1 heterocycles. The topological polar surface area (TPSA) is 75.7 Å². The van der Waals surface area contributed by atoms with E-state index in [0.717, 1.165) is 5.56 Å². The SMILES string of the molecule is Cc1ccc([C@H]2CC(=O)c3ccccc3N2C(=O)OCc2ccccc2)cc1NC(=O)C(F)(F)F. The van der Waals surface area contributed by atoms with Gasteiger partial charge in [-0.25, -0.2) is 4.79 Å². The molecule has 2 amide bonds. The molecule has 0 spiro atoms. The van der Waals surface area contributed by atoms with Crippen LogP contribution in [0.5, 0.6) is 0 Å². The second-order valence-electron chi connectivity index (χ2n) is 8.10. The normalized spacial score (nSPS) is 15.4. The van der Waals surface area contributed by atoms with E-state index >= 15 is 0 Å². The highest BCUT2D eigenvalue weighted by molar-refractivity contribution is 6.08. The Labute approximate surface area is 199 Å². The van der Waals surface area contributed by atoms with Crippen LogP contribution < -0.4 is 10.2 Å². The van der Waals surface area contributed by atoms with Gasteiger partial charge in [-0.3, -0.25) is 14.5 Å². The van der Waals surface area contributed by atoms with E-state index in [1.807, 2.05) is 23.5 Å². The zero-order chi connectivity index (χ0) is 25.2. The van der Waals surface area contributed by atoms with Crippen LogP contribution in [0.1, 0.15) is 39.5 Å². The van der Waals surface area contributed by atoms with Crippen LogP contribution in [0.2, 0.25) is 0 Å². The van der Waals surface area contributed by atoms with Crippen LogP contribution in [0.25, 0.3) is 0 Å². The lowest BCUT2D eigenvalue weighted by Gasteiger charge is -2.36. The molecule has 0 saturated heterocycles. The van der Waals surface area contributed by atoms with E-state index in [9.17, 15) is 27.6 Å². The third kappa shape index (κ3) is 5.18. The molecule has 0 saturated carbocycles. The quantitative estimate of drug-likeness (QED) is 0.497. The monoisotopic (exact) mass is 482 g/mol. The zero-order valence-corrected chi connectivity index (χ0v) is 18.6. The number of carbonyl (C=O) groups excluding carboxylic acids is 3. The fraction of sp³-hybridized carbons (Fsp3) is 0.192. The molecule has 9 heteroatoms. The van der Waals surface area contributed by atoms with Crippen molar-refractivity contribution in [3.8, 4) is 0 Å². The van der Waals surface area contributed by atoms with Crippen molar-refractivity contribution < 1.29 is 32.3 Å². The Morgan fingerprint density at radius 1 is 1.03 bits per heavy atom. The Morgan fingerprint density at radius 2 is 1.71 bits per heavy atom. The van der Waals surface area contributed by atoms with Gasteiger partial charge in [0.15, 0.2) is 5.78 Å². The number of halogens is 3. The lowest BCUT2D eigenvalue weighted by atomic mass is 9.90. The molecule has 0 bridgehead atoms. The fourth-order valence-electron chi connectivity index (χ4n) is 3.92. The summed E-state index contributed by atoms with van der Waals surface area (Å²) >= 11 is 0. The van der Waals surface area contributed by atoms with Gasteiger partial charge in [0.1, 0.15) is 6.61 Å². The maximum absolute atomic E-state index is 13.3. The van der Waals surface area contributed by atoms with E-state index in [1.165, 1.54) is 17.0 Å². The summed E-state index contributed by atoms with van der Waals surface area (Å²) in [5.74, 6) is -2.33. The molecule has 35 heavy (non-hydrogen) atoms. The summed E-state index contributed by atoms with van der Waals surface area (Å²) in [6.07, 6.45) is -5.87. The summed E-state index contributed by atoms with van der Waals surface area (Å²) in [5, 5.41) is 1.87. The maximum Gasteiger partial charge on any atom is 0.471 e. The lowest BCUT2D eigenvalue weighted by molar-refractivity contribution is -0.167. The number of carbonyl (C=O) groups is 3. The number of anilines is 2. The van der Waals surface area contributed by atoms with Gasteiger partial charge >= 0.3 is 18.2 Å². The molecule has 0 unspecified atom stereocenters. The van der Waals surface area contributed by atoms with Crippen molar-refractivity contribution in [2.45, 2.75) is 32.2 Å². The Morgan fingerprint density at radius 3 is 2.43 bits per heavy atom. The molecule has 1 N–H and O–H groups in total. The van der Waals surface area contributed by atoms with Crippen LogP contribution in [0.4, 0.5) is 29.3 Å². The van der Waals surface area contributed by atoms with Gasteiger partial charge in [-0.1, -0.05) is 54.6 Å². The first-order valence-corrected chi connectivity index (χ1v) is 10.8. The number of nitrogens with one attached hydrogen (secondary N) is 1. The lowest BCUT2D eigenvalue weighted by Crippen LogP contribution is -2.40. The predicted molar refractivity (Wildman–Crippen MR) is 123 cm³/mol. The standard InChI is InChI=1S/C26H21F3N2O4/c1-16-11-12-18(13-20(16)30-24(33)26(27,28)29)22-14-23(32)19-9-5-6-10-21(19)31(22)25(34)35-15-17-7-3-2-4-8-17/h2-13,22H,14-15H2,1H3,(H,30,33)/t22-/m1/s1. The molecule has 6 nitrogen and oxygen atoms in total. The second kappa shape index (κ2) is 9.61. The average molecular weight is 482 g/mol. The Bertz CT molecular complexity index is 1280. The predicted octanol–water partition coefficient (Wildman–Crippen LogP) is 5.97. The highest BCUT2D eigenvalue weighted by Crippen LogP contribution is 2.40. The number of Topliss-reactive ketones (excluding diaryl/α,β-unsaturated/α-hetero) is 1. The number of hydrogen-bond acceptors (Lipinski definition) is 4. The number of alkyl halides is 3. The van der Waals surface area contributed by atoms with Crippen LogP contribution in [0.15, 0.2) is 72.8 Å². The summed E-state index contributed by atoms with van der Waals surface area (Å²) in [6.45, 7) is 1.54. The third-order valence-corrected chi connectivity index (χ3v) is 5.71. The van der Waals surface area contributed by atoms with Gasteiger partial charge in [0.05, 0.1) is 11.7 Å². The van der Waals surface area contributed by atoms with Crippen LogP contribution >= 0.6 is 0 Å². The number of aryl methyl sites for hydroxylation is 1. The number of rotatable bonds is 4. The van der Waals surface area contributed by atoms with E-state index < -0.39 is 24.2 Å². The Hall–Kier alpha value is -4.14. The minimum Gasteiger partial charge on any atom is -0.444 e. The van der Waals surface area contributed by atoms with Crippen molar-refractivity contribution in [1.82, 2.24) is 0 Å². The van der Waals surface area contributed by atoms with Crippen molar-refractivity contribution in [1.29, 1.82) is 0 Å². The van der Waals surface area contributed by atoms with E-state index in [4.69, 9.17) is 4.74 Å². The molecule has 1 aliphatic heterocycles. The highest BCUT2D eigenvalue weighted by Gasteiger charge is 2.40. The smallest absolute Gasteiger partial charge is 0.444 e. The highest BCUT2D eigenvalue weighted by atomic mass is 19.4. The number of benzene rings is 3. The molecule has 3 aromatic rings. The molecule has 1 atom stereocenters. The molecule has 3 aromatic carbocycles. The minimum absolute atomic E-state index is 0.000204. The number of hydrogen-bond donors (Lipinski definition) is 1. The van der Waals surface area contributed by atoms with Crippen LogP contribution in [-0.4, -0.2) is 24.0 Å². The first-order chi connectivity index (χ1) is 16.6. The third-order valence-electron chi connectivity index (χ3n) is 5.71. The van der Waals surface area contributed by atoms with Crippen molar-refractivity contribution in [3.05, 3.63) is 95.1 Å². The molecule has 180 valence electrons. The summed E-state index contributed by atoms with van der Waals surface area (Å²) in [6, 6.07) is 19.3. The molecule has 1 aliphatic rings. The van der Waals surface area contributed by atoms with Gasteiger partial charge in [0, 0.05) is 17.7 Å². The minimum atomic E-state index is -5.06. The van der Waals surface area contributed by atoms with Crippen LogP contribution in [0.3, 0.4) is 0 Å². The Kier molecular flexibility index (Phi) is 6.59. The van der Waals surface area contributed by atoms with E-state index in [-0.39, 0.29) is 24.5 Å². The molecule has 0 radical (unpaired) electrons. The molecule has 0 fully saturated rings. The van der Waals surface area contributed by atoms with Gasteiger partial charge in [-0.2, -0.15) is 13.2 Å². The number of ketones is 1. The van der Waals surface area contributed by atoms with Gasteiger partial charge in [0.2, 0.25) is 0 Å². The van der Waals surface area contributed by atoms with Crippen molar-refractivity contribution >= 4 is 29.2 Å². The number of para-hydroxylation sites is 1. The van der Waals surface area contributed by atoms with Crippen molar-refractivity contribution in [2.24, 2.45) is 0 Å². The zero-order valence-electron chi connectivity index (χ0n) is 18.6. The molecular formula is C26H21F3N2O4. The van der Waals surface area contributed by atoms with Crippen molar-refractivity contribution in [2.75, 3.05) is 10.2 Å². The van der Waals surface area contributed by atoms with Gasteiger partial charge in [-0.15, -0.1) is 0 Å². The molecule has 4 rings (SSSR count). The average Bonchev–Trinajstić information content (AvgIpc) is 2.84. The first-order valence-electron chi connectivity index (χ1n) is 10.8. The first kappa shape index (κ1) is 24.0. The second-order valence-corrected chi connectivity index (χ2v) is 8.10. The van der Waals surface area contributed by atoms with Crippen LogP contribution in [-0.2, 0) is 16.1 Å². The van der Waals surface area contributed by atoms with E-state index in [2.05, 4.69) is 0 Å². The van der Waals surface area contributed by atoms with Crippen LogP contribution in [0, 0.1) is 6.92 Å². The van der Waals surface area contributed by atoms with Gasteiger partial charge in [0.25, 0.3) is 0 Å². The number of fused-ring (bicyclic) bond motifs is 1. The fourth-order valence-corrected chi connectivity index (χ4v) is 3.92. The van der Waals surface area contributed by atoms with Gasteiger partial charge in [-0.05, 0) is 41.8 Å². The van der Waals surface area contributed by atoms with E-state index in [0.29, 0.717) is 22.4 Å². The molecule has 0 aliphatic carbocycles. The van der Waals surface area contributed by atoms with E-state index in [1.54, 1.807) is 49.4 Å². The van der Waals surface area contributed by atoms with Gasteiger partial charge < -0.3 is 10.1 Å². The largest absolute Gasteiger partial charge is 0.471 e. The number of nitrogens with zero attached hydrogens (tertiary/aromatic N) is 1.